The van der Waals surface area contributed by atoms with Crippen LogP contribution in [0.1, 0.15) is 68.2 Å². The van der Waals surface area contributed by atoms with Crippen LogP contribution in [0.4, 0.5) is 4.39 Å². The van der Waals surface area contributed by atoms with E-state index in [-0.39, 0.29) is 29.3 Å². The van der Waals surface area contributed by atoms with Crippen molar-refractivity contribution in [3.63, 3.8) is 0 Å². The van der Waals surface area contributed by atoms with Crippen molar-refractivity contribution in [2.45, 2.75) is 74.3 Å². The van der Waals surface area contributed by atoms with Crippen LogP contribution in [-0.2, 0) is 9.53 Å². The third-order valence-corrected chi connectivity index (χ3v) is 3.79. The second-order valence-electron chi connectivity index (χ2n) is 7.86. The highest BCUT2D eigenvalue weighted by Gasteiger charge is 2.43. The van der Waals surface area contributed by atoms with Gasteiger partial charge >= 0.3 is 5.97 Å². The van der Waals surface area contributed by atoms with Gasteiger partial charge in [0.05, 0.1) is 5.41 Å². The molecule has 0 unspecified atom stereocenters. The first-order chi connectivity index (χ1) is 8.99. The molecule has 0 saturated carbocycles. The molecule has 0 rings (SSSR count). The van der Waals surface area contributed by atoms with Crippen LogP contribution in [0.2, 0.25) is 0 Å². The Morgan fingerprint density at radius 2 is 1.55 bits per heavy atom. The standard InChI is InChI=1S/C17H33FO2/c1-9-17(11-18,10-16(6,7)8)15(19)20-14(12(2)3)13(4)5/h12-14H,9-11H2,1-8H3/t17-/m1/s1. The van der Waals surface area contributed by atoms with Crippen molar-refractivity contribution in [2.24, 2.45) is 22.7 Å². The van der Waals surface area contributed by atoms with E-state index < -0.39 is 12.1 Å². The molecule has 0 aromatic rings. The first-order valence-corrected chi connectivity index (χ1v) is 7.76. The summed E-state index contributed by atoms with van der Waals surface area (Å²) in [4.78, 5) is 12.6. The second-order valence-corrected chi connectivity index (χ2v) is 7.86. The van der Waals surface area contributed by atoms with E-state index in [1.165, 1.54) is 0 Å². The average molecular weight is 288 g/mol. The molecule has 0 saturated heterocycles. The molecule has 0 heterocycles. The minimum absolute atomic E-state index is 0.105. The Balaban J connectivity index is 5.16. The zero-order valence-corrected chi connectivity index (χ0v) is 14.5. The van der Waals surface area contributed by atoms with Crippen LogP contribution in [0.25, 0.3) is 0 Å². The molecule has 2 nitrogen and oxygen atoms in total. The Kier molecular flexibility index (Phi) is 7.20. The highest BCUT2D eigenvalue weighted by atomic mass is 19.1. The first-order valence-electron chi connectivity index (χ1n) is 7.76. The number of ether oxygens (including phenoxy) is 1. The number of halogens is 1. The summed E-state index contributed by atoms with van der Waals surface area (Å²) < 4.78 is 19.3. The fraction of sp³-hybridized carbons (Fsp3) is 0.941. The zero-order chi connectivity index (χ0) is 16.1. The molecule has 120 valence electrons. The Morgan fingerprint density at radius 3 is 1.80 bits per heavy atom. The van der Waals surface area contributed by atoms with Crippen molar-refractivity contribution in [3.8, 4) is 0 Å². The maximum Gasteiger partial charge on any atom is 0.315 e. The lowest BCUT2D eigenvalue weighted by molar-refractivity contribution is -0.170. The summed E-state index contributed by atoms with van der Waals surface area (Å²) >= 11 is 0. The minimum Gasteiger partial charge on any atom is -0.461 e. The van der Waals surface area contributed by atoms with Gasteiger partial charge in [-0.15, -0.1) is 0 Å². The lowest BCUT2D eigenvalue weighted by atomic mass is 9.73. The summed E-state index contributed by atoms with van der Waals surface area (Å²) in [7, 11) is 0. The van der Waals surface area contributed by atoms with Gasteiger partial charge in [-0.05, 0) is 30.1 Å². The fourth-order valence-electron chi connectivity index (χ4n) is 2.84. The van der Waals surface area contributed by atoms with E-state index in [1.807, 2.05) is 55.4 Å². The van der Waals surface area contributed by atoms with Gasteiger partial charge in [-0.3, -0.25) is 4.79 Å². The Morgan fingerprint density at radius 1 is 1.10 bits per heavy atom. The van der Waals surface area contributed by atoms with Crippen molar-refractivity contribution in [1.82, 2.24) is 0 Å². The summed E-state index contributed by atoms with van der Waals surface area (Å²) in [6.45, 7) is 15.4. The van der Waals surface area contributed by atoms with Gasteiger partial charge in [0.15, 0.2) is 0 Å². The molecule has 0 aromatic heterocycles. The number of hydrogen-bond donors (Lipinski definition) is 0. The highest BCUT2D eigenvalue weighted by Crippen LogP contribution is 2.39. The molecule has 0 aromatic carbocycles. The van der Waals surface area contributed by atoms with Gasteiger partial charge in [-0.2, -0.15) is 0 Å². The molecule has 0 fully saturated rings. The first kappa shape index (κ1) is 19.4. The third-order valence-electron chi connectivity index (χ3n) is 3.79. The van der Waals surface area contributed by atoms with Crippen LogP contribution in [0, 0.1) is 22.7 Å². The number of esters is 1. The zero-order valence-electron chi connectivity index (χ0n) is 14.5. The molecule has 0 bridgehead atoms. The van der Waals surface area contributed by atoms with E-state index in [9.17, 15) is 9.18 Å². The van der Waals surface area contributed by atoms with Crippen LogP contribution in [0.3, 0.4) is 0 Å². The second kappa shape index (κ2) is 7.42. The van der Waals surface area contributed by atoms with Crippen molar-refractivity contribution < 1.29 is 13.9 Å². The molecule has 0 aliphatic carbocycles. The molecule has 0 spiro atoms. The molecule has 0 aliphatic heterocycles. The van der Waals surface area contributed by atoms with Crippen LogP contribution in [0.5, 0.6) is 0 Å². The van der Waals surface area contributed by atoms with Crippen molar-refractivity contribution in [3.05, 3.63) is 0 Å². The molecule has 1 atom stereocenters. The monoisotopic (exact) mass is 288 g/mol. The quantitative estimate of drug-likeness (QED) is 0.615. The number of hydrogen-bond acceptors (Lipinski definition) is 2. The van der Waals surface area contributed by atoms with Gasteiger partial charge in [-0.1, -0.05) is 55.4 Å². The predicted octanol–water partition coefficient (Wildman–Crippen LogP) is 5.01. The Hall–Kier alpha value is -0.600. The van der Waals surface area contributed by atoms with Gasteiger partial charge in [-0.25, -0.2) is 4.39 Å². The van der Waals surface area contributed by atoms with Crippen molar-refractivity contribution in [2.75, 3.05) is 6.67 Å². The largest absolute Gasteiger partial charge is 0.461 e. The summed E-state index contributed by atoms with van der Waals surface area (Å²) in [5.41, 5.74) is -1.10. The topological polar surface area (TPSA) is 26.3 Å². The normalized spacial score (nSPS) is 15.8. The lowest BCUT2D eigenvalue weighted by Gasteiger charge is -2.36. The van der Waals surface area contributed by atoms with E-state index in [0.717, 1.165) is 0 Å². The fourth-order valence-corrected chi connectivity index (χ4v) is 2.84. The van der Waals surface area contributed by atoms with Crippen molar-refractivity contribution >= 4 is 5.97 Å². The molecule has 3 heteroatoms. The van der Waals surface area contributed by atoms with Gasteiger partial charge in [0, 0.05) is 0 Å². The lowest BCUT2D eigenvalue weighted by Crippen LogP contribution is -2.42. The van der Waals surface area contributed by atoms with Crippen LogP contribution < -0.4 is 0 Å². The van der Waals surface area contributed by atoms with Crippen molar-refractivity contribution in [1.29, 1.82) is 0 Å². The third kappa shape index (κ3) is 5.41. The van der Waals surface area contributed by atoms with E-state index in [4.69, 9.17) is 4.74 Å². The van der Waals surface area contributed by atoms with Crippen LogP contribution in [-0.4, -0.2) is 18.7 Å². The summed E-state index contributed by atoms with van der Waals surface area (Å²) in [6.07, 6.45) is 0.831. The number of carbonyl (C=O) groups is 1. The van der Waals surface area contributed by atoms with E-state index in [2.05, 4.69) is 0 Å². The SMILES string of the molecule is CC[C@](CF)(CC(C)(C)C)C(=O)OC(C(C)C)C(C)C. The average Bonchev–Trinajstić information content (AvgIpc) is 2.30. The smallest absolute Gasteiger partial charge is 0.315 e. The molecule has 20 heavy (non-hydrogen) atoms. The number of alkyl halides is 1. The molecular weight excluding hydrogens is 255 g/mol. The van der Waals surface area contributed by atoms with E-state index in [0.29, 0.717) is 12.8 Å². The maximum atomic E-state index is 13.6. The van der Waals surface area contributed by atoms with Crippen LogP contribution >= 0.6 is 0 Å². The van der Waals surface area contributed by atoms with Gasteiger partial charge < -0.3 is 4.74 Å². The summed E-state index contributed by atoms with van der Waals surface area (Å²) in [6, 6.07) is 0. The predicted molar refractivity (Wildman–Crippen MR) is 82.3 cm³/mol. The molecule has 0 amide bonds. The molecule has 0 N–H and O–H groups in total. The Bertz CT molecular complexity index is 291. The highest BCUT2D eigenvalue weighted by molar-refractivity contribution is 5.77. The molecule has 0 radical (unpaired) electrons. The Labute approximate surface area is 124 Å². The van der Waals surface area contributed by atoms with E-state index >= 15 is 0 Å². The summed E-state index contributed by atoms with van der Waals surface area (Å²) in [5, 5.41) is 0. The summed E-state index contributed by atoms with van der Waals surface area (Å²) in [5.74, 6) is 0.107. The van der Waals surface area contributed by atoms with Gasteiger partial charge in [0.2, 0.25) is 0 Å². The molecule has 0 aliphatic rings. The van der Waals surface area contributed by atoms with Crippen LogP contribution in [0.15, 0.2) is 0 Å². The van der Waals surface area contributed by atoms with Gasteiger partial charge in [0.1, 0.15) is 12.8 Å². The number of rotatable bonds is 7. The van der Waals surface area contributed by atoms with Gasteiger partial charge in [0.25, 0.3) is 0 Å². The van der Waals surface area contributed by atoms with E-state index in [1.54, 1.807) is 0 Å². The maximum absolute atomic E-state index is 13.6. The molecular formula is C17H33FO2. The minimum atomic E-state index is -1.000. The number of carbonyl (C=O) groups excluding carboxylic acids is 1.